The minimum atomic E-state index is 0.735. The molecule has 0 bridgehead atoms. The van der Waals surface area contributed by atoms with Gasteiger partial charge in [0.2, 0.25) is 0 Å². The first-order valence-corrected chi connectivity index (χ1v) is 15.0. The van der Waals surface area contributed by atoms with Gasteiger partial charge in [-0.05, 0) is 42.4 Å². The average Bonchev–Trinajstić information content (AvgIpc) is 3.39. The summed E-state index contributed by atoms with van der Waals surface area (Å²) >= 11 is 1.68. The molecule has 0 amide bonds. The van der Waals surface area contributed by atoms with Gasteiger partial charge in [-0.3, -0.25) is 0 Å². The van der Waals surface area contributed by atoms with Gasteiger partial charge in [-0.25, -0.2) is 15.0 Å². The number of unbranched alkanes of at least 4 members (excludes halogenated alkanes) is 12. The summed E-state index contributed by atoms with van der Waals surface area (Å²) in [4.78, 5) is 15.0. The number of hydrogen-bond donors (Lipinski definition) is 0. The summed E-state index contributed by atoms with van der Waals surface area (Å²) in [6, 6.07) is 9.04. The van der Waals surface area contributed by atoms with Crippen LogP contribution in [0.4, 0.5) is 0 Å². The van der Waals surface area contributed by atoms with E-state index in [2.05, 4.69) is 53.1 Å². The Bertz CT molecular complexity index is 931. The zero-order valence-electron chi connectivity index (χ0n) is 22.1. The van der Waals surface area contributed by atoms with Crippen LogP contribution in [-0.2, 0) is 12.8 Å². The van der Waals surface area contributed by atoms with Crippen molar-refractivity contribution < 1.29 is 0 Å². The van der Waals surface area contributed by atoms with Crippen LogP contribution >= 0.6 is 11.3 Å². The van der Waals surface area contributed by atoms with Gasteiger partial charge in [-0.15, -0.1) is 11.3 Å². The number of aromatic nitrogens is 3. The number of thiazole rings is 1. The molecule has 0 saturated carbocycles. The Morgan fingerprint density at radius 2 is 1.06 bits per heavy atom. The first-order valence-electron chi connectivity index (χ1n) is 14.2. The fourth-order valence-corrected chi connectivity index (χ4v) is 5.38. The first kappa shape index (κ1) is 27.5. The Kier molecular flexibility index (Phi) is 13.0. The lowest BCUT2D eigenvalue weighted by Crippen LogP contribution is -1.93. The van der Waals surface area contributed by atoms with Crippen LogP contribution in [0.2, 0.25) is 0 Å². The number of rotatable bonds is 18. The third-order valence-electron chi connectivity index (χ3n) is 6.78. The number of nitrogens with zero attached hydrogens (tertiary/aromatic N) is 3. The van der Waals surface area contributed by atoms with Crippen molar-refractivity contribution in [3.63, 3.8) is 0 Å². The Morgan fingerprint density at radius 3 is 1.63 bits per heavy atom. The van der Waals surface area contributed by atoms with Crippen molar-refractivity contribution in [2.45, 2.75) is 117 Å². The molecule has 35 heavy (non-hydrogen) atoms. The van der Waals surface area contributed by atoms with E-state index in [0.717, 1.165) is 17.3 Å². The van der Waals surface area contributed by atoms with Gasteiger partial charge in [0.15, 0.2) is 10.8 Å². The SMILES string of the molecule is CCCCCCCCCCc1ccc(-c2cnc(-c3ncc(CCCCCCCC)cn3)s2)cc1. The topological polar surface area (TPSA) is 38.7 Å². The summed E-state index contributed by atoms with van der Waals surface area (Å²) in [6.45, 7) is 4.54. The molecule has 0 atom stereocenters. The van der Waals surface area contributed by atoms with Crippen LogP contribution in [0.1, 0.15) is 115 Å². The van der Waals surface area contributed by atoms with E-state index in [1.807, 2.05) is 18.6 Å². The van der Waals surface area contributed by atoms with Crippen molar-refractivity contribution in [1.82, 2.24) is 15.0 Å². The van der Waals surface area contributed by atoms with Crippen molar-refractivity contribution in [3.8, 4) is 21.3 Å². The lowest BCUT2D eigenvalue weighted by atomic mass is 10.0. The van der Waals surface area contributed by atoms with Gasteiger partial charge in [0.05, 0.1) is 4.88 Å². The highest BCUT2D eigenvalue weighted by Crippen LogP contribution is 2.30. The number of benzene rings is 1. The predicted molar refractivity (Wildman–Crippen MR) is 152 cm³/mol. The molecular formula is C31H45N3S. The first-order chi connectivity index (χ1) is 17.3. The molecule has 0 aliphatic carbocycles. The molecule has 2 aromatic heterocycles. The van der Waals surface area contributed by atoms with Crippen molar-refractivity contribution >= 4 is 11.3 Å². The number of hydrogen-bond acceptors (Lipinski definition) is 4. The standard InChI is InChI=1S/C31H45N3S/c1-3-5-7-9-11-12-14-15-17-26-19-21-28(22-20-26)29-25-34-31(35-29)30-32-23-27(24-33-30)18-16-13-10-8-6-4-2/h19-25H,3-18H2,1-2H3. The molecule has 0 N–H and O–H groups in total. The second-order valence-electron chi connectivity index (χ2n) is 9.88. The van der Waals surface area contributed by atoms with Gasteiger partial charge in [-0.2, -0.15) is 0 Å². The van der Waals surface area contributed by atoms with E-state index >= 15 is 0 Å². The van der Waals surface area contributed by atoms with Crippen LogP contribution in [0, 0.1) is 0 Å². The van der Waals surface area contributed by atoms with Crippen molar-refractivity contribution in [3.05, 3.63) is 54.0 Å². The van der Waals surface area contributed by atoms with Crippen LogP contribution in [0.5, 0.6) is 0 Å². The highest BCUT2D eigenvalue weighted by Gasteiger charge is 2.09. The Labute approximate surface area is 217 Å². The van der Waals surface area contributed by atoms with E-state index in [-0.39, 0.29) is 0 Å². The Hall–Kier alpha value is -2.07. The molecule has 0 aliphatic rings. The molecule has 0 saturated heterocycles. The maximum Gasteiger partial charge on any atom is 0.188 e. The van der Waals surface area contributed by atoms with Gasteiger partial charge in [0, 0.05) is 18.6 Å². The third-order valence-corrected chi connectivity index (χ3v) is 7.82. The van der Waals surface area contributed by atoms with E-state index in [1.165, 1.54) is 118 Å². The molecule has 0 spiro atoms. The molecule has 3 aromatic rings. The summed E-state index contributed by atoms with van der Waals surface area (Å²) < 4.78 is 0. The van der Waals surface area contributed by atoms with Crippen LogP contribution < -0.4 is 0 Å². The lowest BCUT2D eigenvalue weighted by molar-refractivity contribution is 0.575. The summed E-state index contributed by atoms with van der Waals surface area (Å²) in [5.74, 6) is 0.735. The minimum absolute atomic E-state index is 0.735. The Morgan fingerprint density at radius 1 is 0.543 bits per heavy atom. The zero-order valence-corrected chi connectivity index (χ0v) is 22.9. The van der Waals surface area contributed by atoms with E-state index < -0.39 is 0 Å². The van der Waals surface area contributed by atoms with E-state index in [9.17, 15) is 0 Å². The highest BCUT2D eigenvalue weighted by atomic mass is 32.1. The third kappa shape index (κ3) is 10.2. The van der Waals surface area contributed by atoms with Crippen LogP contribution in [0.15, 0.2) is 42.9 Å². The fraction of sp³-hybridized carbons (Fsp3) is 0.581. The zero-order chi connectivity index (χ0) is 24.6. The van der Waals surface area contributed by atoms with Gasteiger partial charge in [0.1, 0.15) is 0 Å². The van der Waals surface area contributed by atoms with Crippen molar-refractivity contribution in [2.24, 2.45) is 0 Å². The van der Waals surface area contributed by atoms with Gasteiger partial charge in [-0.1, -0.05) is 115 Å². The van der Waals surface area contributed by atoms with Crippen LogP contribution in [-0.4, -0.2) is 15.0 Å². The molecule has 3 rings (SSSR count). The van der Waals surface area contributed by atoms with Crippen molar-refractivity contribution in [1.29, 1.82) is 0 Å². The monoisotopic (exact) mass is 491 g/mol. The van der Waals surface area contributed by atoms with Crippen LogP contribution in [0.25, 0.3) is 21.3 Å². The Balaban J connectivity index is 1.41. The molecule has 0 fully saturated rings. The predicted octanol–water partition coefficient (Wildman–Crippen LogP) is 9.85. The van der Waals surface area contributed by atoms with E-state index in [4.69, 9.17) is 0 Å². The minimum Gasteiger partial charge on any atom is -0.241 e. The molecule has 2 heterocycles. The highest BCUT2D eigenvalue weighted by molar-refractivity contribution is 7.18. The van der Waals surface area contributed by atoms with E-state index in [0.29, 0.717) is 0 Å². The maximum absolute atomic E-state index is 4.61. The van der Waals surface area contributed by atoms with Crippen molar-refractivity contribution in [2.75, 3.05) is 0 Å². The fourth-order valence-electron chi connectivity index (χ4n) is 4.51. The number of aryl methyl sites for hydroxylation is 2. The smallest absolute Gasteiger partial charge is 0.188 e. The largest absolute Gasteiger partial charge is 0.241 e. The van der Waals surface area contributed by atoms with E-state index in [1.54, 1.807) is 11.3 Å². The molecule has 0 radical (unpaired) electrons. The van der Waals surface area contributed by atoms with Crippen LogP contribution in [0.3, 0.4) is 0 Å². The molecule has 190 valence electrons. The van der Waals surface area contributed by atoms with Gasteiger partial charge < -0.3 is 0 Å². The molecule has 1 aromatic carbocycles. The second kappa shape index (κ2) is 16.6. The van der Waals surface area contributed by atoms with Gasteiger partial charge in [0.25, 0.3) is 0 Å². The normalized spacial score (nSPS) is 11.3. The molecule has 4 heteroatoms. The lowest BCUT2D eigenvalue weighted by Gasteiger charge is -2.04. The molecule has 3 nitrogen and oxygen atoms in total. The average molecular weight is 492 g/mol. The molecule has 0 unspecified atom stereocenters. The summed E-state index contributed by atoms with van der Waals surface area (Å²) in [5, 5.41) is 0.897. The summed E-state index contributed by atoms with van der Waals surface area (Å²) in [6.07, 6.45) is 27.0. The molecular weight excluding hydrogens is 446 g/mol. The maximum atomic E-state index is 4.61. The quantitative estimate of drug-likeness (QED) is 0.166. The second-order valence-corrected chi connectivity index (χ2v) is 10.9. The summed E-state index contributed by atoms with van der Waals surface area (Å²) in [7, 11) is 0. The molecule has 0 aliphatic heterocycles. The van der Waals surface area contributed by atoms with Gasteiger partial charge >= 0.3 is 0 Å². The summed E-state index contributed by atoms with van der Waals surface area (Å²) in [5.41, 5.74) is 3.90.